The van der Waals surface area contributed by atoms with Crippen LogP contribution in [0.25, 0.3) is 0 Å². The summed E-state index contributed by atoms with van der Waals surface area (Å²) < 4.78 is 64.8. The Morgan fingerprint density at radius 2 is 1.76 bits per heavy atom. The molecule has 0 saturated carbocycles. The van der Waals surface area contributed by atoms with Crippen LogP contribution in [0.5, 0.6) is 0 Å². The number of nitriles is 1. The van der Waals surface area contributed by atoms with Crippen molar-refractivity contribution in [3.05, 3.63) is 64.2 Å². The molecule has 1 aliphatic rings. The third-order valence-electron chi connectivity index (χ3n) is 3.59. The van der Waals surface area contributed by atoms with Gasteiger partial charge in [0, 0.05) is 11.2 Å². The Bertz CT molecular complexity index is 1040. The van der Waals surface area contributed by atoms with Crippen LogP contribution in [0.15, 0.2) is 58.5 Å². The summed E-state index contributed by atoms with van der Waals surface area (Å²) in [6, 6.07) is 9.91. The molecule has 25 heavy (non-hydrogen) atoms. The maximum absolute atomic E-state index is 13.3. The van der Waals surface area contributed by atoms with E-state index in [1.54, 1.807) is 0 Å². The van der Waals surface area contributed by atoms with Crippen LogP contribution in [-0.2, 0) is 16.0 Å². The van der Waals surface area contributed by atoms with E-state index in [1.165, 1.54) is 42.5 Å². The van der Waals surface area contributed by atoms with Gasteiger partial charge in [0.1, 0.15) is 6.07 Å². The fraction of sp³-hybridized carbons (Fsp3) is 0.0625. The number of para-hydroxylation sites is 1. The van der Waals surface area contributed by atoms with Gasteiger partial charge in [0.25, 0.3) is 0 Å². The van der Waals surface area contributed by atoms with Gasteiger partial charge in [-0.25, -0.2) is 8.42 Å². The maximum atomic E-state index is 13.3. The molecule has 4 nitrogen and oxygen atoms in total. The van der Waals surface area contributed by atoms with Gasteiger partial charge < -0.3 is 4.90 Å². The highest BCUT2D eigenvalue weighted by Gasteiger charge is 2.38. The summed E-state index contributed by atoms with van der Waals surface area (Å²) >= 11 is 5.89. The number of hydrogen-bond acceptors (Lipinski definition) is 4. The van der Waals surface area contributed by atoms with Crippen LogP contribution >= 0.6 is 11.6 Å². The van der Waals surface area contributed by atoms with Crippen molar-refractivity contribution in [1.29, 1.82) is 5.26 Å². The van der Waals surface area contributed by atoms with Crippen molar-refractivity contribution in [2.24, 2.45) is 0 Å². The molecule has 9 heteroatoms. The molecule has 1 heterocycles. The molecule has 0 aromatic heterocycles. The minimum Gasteiger partial charge on any atom is -0.313 e. The van der Waals surface area contributed by atoms with Crippen LogP contribution in [0.3, 0.4) is 0 Å². The minimum atomic E-state index is -4.66. The third-order valence-corrected chi connectivity index (χ3v) is 5.52. The highest BCUT2D eigenvalue weighted by Crippen LogP contribution is 2.44. The summed E-state index contributed by atoms with van der Waals surface area (Å²) in [7, 11) is -4.12. The van der Waals surface area contributed by atoms with Crippen molar-refractivity contribution in [2.45, 2.75) is 11.1 Å². The van der Waals surface area contributed by atoms with E-state index >= 15 is 0 Å². The number of anilines is 2. The molecule has 0 radical (unpaired) electrons. The fourth-order valence-electron chi connectivity index (χ4n) is 2.49. The Kier molecular flexibility index (Phi) is 4.01. The SMILES string of the molecule is N#CC1=CN(c2ccccc2C(F)(F)F)c2cc(Cl)ccc2S1(=O)=O. The number of alkyl halides is 3. The molecule has 0 unspecified atom stereocenters. The van der Waals surface area contributed by atoms with Crippen molar-refractivity contribution in [2.75, 3.05) is 4.90 Å². The van der Waals surface area contributed by atoms with E-state index in [0.29, 0.717) is 0 Å². The molecule has 0 spiro atoms. The van der Waals surface area contributed by atoms with Gasteiger partial charge >= 0.3 is 6.18 Å². The first-order valence-corrected chi connectivity index (χ1v) is 8.64. The molecule has 0 atom stereocenters. The number of allylic oxidation sites excluding steroid dienone is 1. The molecular formula is C16H8ClF3N2O2S. The van der Waals surface area contributed by atoms with Crippen LogP contribution in [0, 0.1) is 11.3 Å². The van der Waals surface area contributed by atoms with Crippen LogP contribution in [-0.4, -0.2) is 8.42 Å². The summed E-state index contributed by atoms with van der Waals surface area (Å²) in [6.45, 7) is 0. The number of nitrogens with zero attached hydrogens (tertiary/aromatic N) is 2. The van der Waals surface area contributed by atoms with Crippen molar-refractivity contribution in [1.82, 2.24) is 0 Å². The van der Waals surface area contributed by atoms with Crippen molar-refractivity contribution in [3.63, 3.8) is 0 Å². The largest absolute Gasteiger partial charge is 0.418 e. The van der Waals surface area contributed by atoms with Gasteiger partial charge in [0.15, 0.2) is 4.91 Å². The lowest BCUT2D eigenvalue weighted by Gasteiger charge is -2.29. The Balaban J connectivity index is 2.36. The molecule has 128 valence electrons. The first-order valence-electron chi connectivity index (χ1n) is 6.78. The molecule has 0 amide bonds. The van der Waals surface area contributed by atoms with Gasteiger partial charge in [-0.2, -0.15) is 18.4 Å². The van der Waals surface area contributed by atoms with Crippen LogP contribution < -0.4 is 4.90 Å². The second kappa shape index (κ2) is 5.79. The Morgan fingerprint density at radius 1 is 1.08 bits per heavy atom. The average Bonchev–Trinajstić information content (AvgIpc) is 2.54. The standard InChI is InChI=1S/C16H8ClF3N2O2S/c17-10-5-6-15-14(7-10)22(9-11(8-21)25(15,23)24)13-4-2-1-3-12(13)16(18,19)20/h1-7,9H. The van der Waals surface area contributed by atoms with Gasteiger partial charge in [-0.15, -0.1) is 0 Å². The highest BCUT2D eigenvalue weighted by atomic mass is 35.5. The molecule has 0 fully saturated rings. The molecule has 0 saturated heterocycles. The summed E-state index contributed by atoms with van der Waals surface area (Å²) in [5.41, 5.74) is -1.32. The summed E-state index contributed by atoms with van der Waals surface area (Å²) in [5.74, 6) is 0. The van der Waals surface area contributed by atoms with Gasteiger partial charge in [-0.05, 0) is 30.3 Å². The molecule has 0 bridgehead atoms. The third kappa shape index (κ3) is 2.86. The van der Waals surface area contributed by atoms with Gasteiger partial charge in [0.05, 0.1) is 21.8 Å². The Hall–Kier alpha value is -2.50. The molecule has 0 aliphatic carbocycles. The molecule has 1 aliphatic heterocycles. The first kappa shape index (κ1) is 17.3. The molecule has 3 rings (SSSR count). The molecule has 2 aromatic carbocycles. The number of benzene rings is 2. The fourth-order valence-corrected chi connectivity index (χ4v) is 3.94. The highest BCUT2D eigenvalue weighted by molar-refractivity contribution is 7.95. The van der Waals surface area contributed by atoms with E-state index in [0.717, 1.165) is 17.2 Å². The summed E-state index contributed by atoms with van der Waals surface area (Å²) in [5, 5.41) is 9.28. The van der Waals surface area contributed by atoms with Crippen molar-refractivity contribution >= 4 is 32.8 Å². The Morgan fingerprint density at radius 3 is 2.40 bits per heavy atom. The van der Waals surface area contributed by atoms with Crippen LogP contribution in [0.2, 0.25) is 5.02 Å². The molecule has 0 N–H and O–H groups in total. The normalized spacial score (nSPS) is 16.0. The smallest absolute Gasteiger partial charge is 0.313 e. The second-order valence-electron chi connectivity index (χ2n) is 5.11. The second-order valence-corrected chi connectivity index (χ2v) is 7.43. The average molecular weight is 385 g/mol. The van der Waals surface area contributed by atoms with E-state index in [9.17, 15) is 21.6 Å². The zero-order valence-corrected chi connectivity index (χ0v) is 13.8. The van der Waals surface area contributed by atoms with Gasteiger partial charge in [0.2, 0.25) is 9.84 Å². The van der Waals surface area contributed by atoms with E-state index in [2.05, 4.69) is 0 Å². The first-order chi connectivity index (χ1) is 11.7. The van der Waals surface area contributed by atoms with Gasteiger partial charge in [-0.3, -0.25) is 0 Å². The van der Waals surface area contributed by atoms with Crippen molar-refractivity contribution in [3.8, 4) is 6.07 Å². The maximum Gasteiger partial charge on any atom is 0.418 e. The minimum absolute atomic E-state index is 0.0526. The predicted octanol–water partition coefficient (Wildman–Crippen LogP) is 4.65. The number of sulfone groups is 1. The lowest BCUT2D eigenvalue weighted by molar-refractivity contribution is -0.137. The number of halogens is 4. The zero-order chi connectivity index (χ0) is 18.4. The lowest BCUT2D eigenvalue weighted by atomic mass is 10.1. The number of rotatable bonds is 1. The van der Waals surface area contributed by atoms with E-state index in [4.69, 9.17) is 16.9 Å². The van der Waals surface area contributed by atoms with Crippen LogP contribution in [0.4, 0.5) is 24.5 Å². The monoisotopic (exact) mass is 384 g/mol. The number of hydrogen-bond donors (Lipinski definition) is 0. The zero-order valence-electron chi connectivity index (χ0n) is 12.2. The summed E-state index contributed by atoms with van der Waals surface area (Å²) in [4.78, 5) is 0.0797. The predicted molar refractivity (Wildman–Crippen MR) is 85.9 cm³/mol. The van der Waals surface area contributed by atoms with E-state index in [-0.39, 0.29) is 21.3 Å². The van der Waals surface area contributed by atoms with E-state index < -0.39 is 26.5 Å². The Labute approximate surface area is 146 Å². The number of fused-ring (bicyclic) bond motifs is 1. The van der Waals surface area contributed by atoms with Crippen LogP contribution in [0.1, 0.15) is 5.56 Å². The molecular weight excluding hydrogens is 377 g/mol. The van der Waals surface area contributed by atoms with E-state index in [1.807, 2.05) is 0 Å². The van der Waals surface area contributed by atoms with Crippen molar-refractivity contribution < 1.29 is 21.6 Å². The molecule has 2 aromatic rings. The lowest BCUT2D eigenvalue weighted by Crippen LogP contribution is -2.23. The quantitative estimate of drug-likeness (QED) is 0.718. The summed E-state index contributed by atoms with van der Waals surface area (Å²) in [6.07, 6.45) is -3.79. The van der Waals surface area contributed by atoms with Gasteiger partial charge in [-0.1, -0.05) is 23.7 Å². The topological polar surface area (TPSA) is 61.2 Å².